The fourth-order valence-corrected chi connectivity index (χ4v) is 3.30. The van der Waals surface area contributed by atoms with Crippen molar-refractivity contribution in [2.45, 2.75) is 12.4 Å². The van der Waals surface area contributed by atoms with Gasteiger partial charge in [-0.15, -0.1) is 0 Å². The molecule has 13 heavy (non-hydrogen) atoms. The van der Waals surface area contributed by atoms with Crippen molar-refractivity contribution >= 4 is 15.2 Å². The molecule has 0 bridgehead atoms. The summed E-state index contributed by atoms with van der Waals surface area (Å²) in [4.78, 5) is 34.1. The molecule has 0 radical (unpaired) electrons. The Morgan fingerprint density at radius 2 is 1.46 bits per heavy atom. The van der Waals surface area contributed by atoms with E-state index in [1.165, 1.54) is 6.92 Å². The first-order chi connectivity index (χ1) is 5.60. The van der Waals surface area contributed by atoms with Gasteiger partial charge in [-0.2, -0.15) is 5.06 Å². The molecule has 0 aromatic rings. The molecule has 0 rings (SSSR count). The van der Waals surface area contributed by atoms with Gasteiger partial charge in [-0.3, -0.25) is 9.13 Å². The highest BCUT2D eigenvalue weighted by atomic mass is 31.2. The fraction of sp³-hybridized carbons (Fsp3) is 1.00. The van der Waals surface area contributed by atoms with Crippen LogP contribution in [0.15, 0.2) is 0 Å². The second-order valence-electron chi connectivity index (χ2n) is 2.28. The van der Waals surface area contributed by atoms with Crippen LogP contribution in [0.4, 0.5) is 0 Å². The number of rotatable bonds is 4. The molecule has 5 N–H and O–H groups in total. The van der Waals surface area contributed by atoms with Crippen LogP contribution in [0, 0.1) is 0 Å². The van der Waals surface area contributed by atoms with E-state index < -0.39 is 20.7 Å². The summed E-state index contributed by atoms with van der Waals surface area (Å²) in [6.07, 6.45) is 0. The van der Waals surface area contributed by atoms with Gasteiger partial charge in [0.1, 0.15) is 0 Å². The van der Waals surface area contributed by atoms with Gasteiger partial charge < -0.3 is 24.8 Å². The molecule has 10 heteroatoms. The zero-order valence-electron chi connectivity index (χ0n) is 6.68. The van der Waals surface area contributed by atoms with Crippen molar-refractivity contribution in [2.75, 3.05) is 6.54 Å². The summed E-state index contributed by atoms with van der Waals surface area (Å²) in [6, 6.07) is 0. The first kappa shape index (κ1) is 13.2. The van der Waals surface area contributed by atoms with Crippen LogP contribution in [0.1, 0.15) is 6.92 Å². The van der Waals surface area contributed by atoms with Crippen LogP contribution in [0.25, 0.3) is 0 Å². The molecule has 0 saturated heterocycles. The molecule has 0 atom stereocenters. The van der Waals surface area contributed by atoms with E-state index in [2.05, 4.69) is 0 Å². The normalized spacial score (nSPS) is 14.2. The van der Waals surface area contributed by atoms with Gasteiger partial charge in [0, 0.05) is 6.54 Å². The minimum absolute atomic E-state index is 0.0679. The second kappa shape index (κ2) is 4.16. The van der Waals surface area contributed by atoms with E-state index in [4.69, 9.17) is 24.8 Å². The van der Waals surface area contributed by atoms with Gasteiger partial charge in [0.15, 0.2) is 0 Å². The van der Waals surface area contributed by atoms with E-state index in [0.29, 0.717) is 0 Å². The maximum atomic E-state index is 10.6. The Kier molecular flexibility index (Phi) is 4.23. The third-order valence-electron chi connectivity index (χ3n) is 1.19. The quantitative estimate of drug-likeness (QED) is 0.319. The van der Waals surface area contributed by atoms with Crippen LogP contribution in [-0.2, 0) is 9.13 Å². The Hall–Kier alpha value is 0.220. The summed E-state index contributed by atoms with van der Waals surface area (Å²) in [5.41, 5.74) is -2.48. The van der Waals surface area contributed by atoms with E-state index in [-0.39, 0.29) is 11.6 Å². The van der Waals surface area contributed by atoms with Gasteiger partial charge in [0.05, 0.1) is 0 Å². The lowest BCUT2D eigenvalue weighted by molar-refractivity contribution is -0.0886. The number of hydrogen-bond donors (Lipinski definition) is 5. The van der Waals surface area contributed by atoms with Crippen LogP contribution in [0.3, 0.4) is 0 Å². The van der Waals surface area contributed by atoms with Crippen LogP contribution in [0.2, 0.25) is 0 Å². The SMILES string of the molecule is CCN(O)C(P(=O)(O)O)P(=O)(O)O. The van der Waals surface area contributed by atoms with Crippen molar-refractivity contribution in [3.8, 4) is 0 Å². The average molecular weight is 235 g/mol. The van der Waals surface area contributed by atoms with Gasteiger partial charge in [0.2, 0.25) is 5.52 Å². The zero-order chi connectivity index (χ0) is 10.9. The van der Waals surface area contributed by atoms with Crippen molar-refractivity contribution in [1.29, 1.82) is 0 Å². The highest BCUT2D eigenvalue weighted by molar-refractivity contribution is 7.70. The highest BCUT2D eigenvalue weighted by Crippen LogP contribution is 2.60. The molecule has 0 aromatic heterocycles. The van der Waals surface area contributed by atoms with E-state index in [0.717, 1.165) is 0 Å². The van der Waals surface area contributed by atoms with Crippen molar-refractivity contribution in [2.24, 2.45) is 0 Å². The third kappa shape index (κ3) is 3.84. The van der Waals surface area contributed by atoms with E-state index in [1.54, 1.807) is 0 Å². The Bertz CT molecular complexity index is 232. The maximum Gasteiger partial charge on any atom is 0.357 e. The molecule has 8 nitrogen and oxygen atoms in total. The lowest BCUT2D eigenvalue weighted by atomic mass is 10.8. The van der Waals surface area contributed by atoms with Gasteiger partial charge >= 0.3 is 15.2 Å². The molecule has 0 fully saturated rings. The molecule has 0 aliphatic heterocycles. The molecule has 0 aromatic carbocycles. The summed E-state index contributed by atoms with van der Waals surface area (Å²) in [6.45, 7) is 0.985. The lowest BCUT2D eigenvalue weighted by Gasteiger charge is -2.25. The zero-order valence-corrected chi connectivity index (χ0v) is 8.47. The average Bonchev–Trinajstić information content (AvgIpc) is 1.80. The molecule has 0 aliphatic carbocycles. The van der Waals surface area contributed by atoms with Crippen LogP contribution >= 0.6 is 15.2 Å². The molecular weight excluding hydrogens is 224 g/mol. The predicted octanol–water partition coefficient (Wildman–Crippen LogP) is -0.664. The fourth-order valence-electron chi connectivity index (χ4n) is 0.707. The van der Waals surface area contributed by atoms with Gasteiger partial charge in [-0.1, -0.05) is 6.92 Å². The van der Waals surface area contributed by atoms with Gasteiger partial charge in [-0.25, -0.2) is 0 Å². The largest absolute Gasteiger partial charge is 0.357 e. The smallest absolute Gasteiger partial charge is 0.323 e. The van der Waals surface area contributed by atoms with Crippen LogP contribution < -0.4 is 0 Å². The summed E-state index contributed by atoms with van der Waals surface area (Å²) >= 11 is 0. The Balaban J connectivity index is 5.01. The van der Waals surface area contributed by atoms with Crippen molar-refractivity contribution < 1.29 is 33.9 Å². The molecule has 0 amide bonds. The highest BCUT2D eigenvalue weighted by Gasteiger charge is 2.47. The van der Waals surface area contributed by atoms with Crippen LogP contribution in [-0.4, -0.2) is 41.9 Å². The molecule has 0 aliphatic rings. The molecule has 80 valence electrons. The monoisotopic (exact) mass is 235 g/mol. The van der Waals surface area contributed by atoms with Gasteiger partial charge in [0.25, 0.3) is 0 Å². The summed E-state index contributed by atoms with van der Waals surface area (Å²) in [7, 11) is -10.1. The molecule has 0 unspecified atom stereocenters. The Labute approximate surface area is 74.1 Å². The number of hydroxylamine groups is 2. The standard InChI is InChI=1S/C3H11NO7P2/c1-2-4(5)3(12(6,7)8)13(9,10)11/h3,5H,2H2,1H3,(H2,6,7,8)(H2,9,10,11). The molecular formula is C3H11NO7P2. The van der Waals surface area contributed by atoms with Crippen molar-refractivity contribution in [3.63, 3.8) is 0 Å². The molecule has 0 heterocycles. The van der Waals surface area contributed by atoms with Crippen molar-refractivity contribution in [1.82, 2.24) is 5.06 Å². The first-order valence-electron chi connectivity index (χ1n) is 3.16. The maximum absolute atomic E-state index is 10.6. The van der Waals surface area contributed by atoms with E-state index in [1.807, 2.05) is 0 Å². The number of hydrogen-bond acceptors (Lipinski definition) is 4. The topological polar surface area (TPSA) is 139 Å². The second-order valence-corrected chi connectivity index (χ2v) is 6.02. The van der Waals surface area contributed by atoms with Crippen LogP contribution in [0.5, 0.6) is 0 Å². The summed E-state index contributed by atoms with van der Waals surface area (Å²) in [5.74, 6) is 0. The minimum Gasteiger partial charge on any atom is -0.323 e. The summed E-state index contributed by atoms with van der Waals surface area (Å²) in [5, 5.41) is 8.77. The summed E-state index contributed by atoms with van der Waals surface area (Å²) < 4.78 is 21.2. The molecule has 0 saturated carbocycles. The first-order valence-corrected chi connectivity index (χ1v) is 6.53. The lowest BCUT2D eigenvalue weighted by Crippen LogP contribution is -2.31. The van der Waals surface area contributed by atoms with Gasteiger partial charge in [-0.05, 0) is 0 Å². The van der Waals surface area contributed by atoms with E-state index >= 15 is 0 Å². The third-order valence-corrected chi connectivity index (χ3v) is 4.73. The number of nitrogens with zero attached hydrogens (tertiary/aromatic N) is 1. The Morgan fingerprint density at radius 1 is 1.15 bits per heavy atom. The predicted molar refractivity (Wildman–Crippen MR) is 42.0 cm³/mol. The van der Waals surface area contributed by atoms with Crippen molar-refractivity contribution in [3.05, 3.63) is 0 Å². The molecule has 0 spiro atoms. The van der Waals surface area contributed by atoms with E-state index in [9.17, 15) is 9.13 Å². The minimum atomic E-state index is -5.06. The Morgan fingerprint density at radius 3 is 1.54 bits per heavy atom.